The van der Waals surface area contributed by atoms with Crippen molar-refractivity contribution in [3.63, 3.8) is 0 Å². The van der Waals surface area contributed by atoms with Crippen LogP contribution in [-0.4, -0.2) is 24.6 Å². The van der Waals surface area contributed by atoms with Crippen molar-refractivity contribution in [3.05, 3.63) is 35.4 Å². The molecule has 1 unspecified atom stereocenters. The van der Waals surface area contributed by atoms with Crippen LogP contribution >= 0.6 is 15.9 Å². The zero-order valence-corrected chi connectivity index (χ0v) is 10.8. The Morgan fingerprint density at radius 3 is 2.13 bits per heavy atom. The Labute approximate surface area is 97.5 Å². The number of carbonyl (C=O) groups is 1. The summed E-state index contributed by atoms with van der Waals surface area (Å²) in [5, 5.41) is 0. The van der Waals surface area contributed by atoms with Crippen molar-refractivity contribution >= 4 is 31.6 Å². The summed E-state index contributed by atoms with van der Waals surface area (Å²) in [6.07, 6.45) is 1.03. The van der Waals surface area contributed by atoms with Gasteiger partial charge in [0.05, 0.1) is 0 Å². The van der Waals surface area contributed by atoms with Gasteiger partial charge >= 0.3 is 0 Å². The van der Waals surface area contributed by atoms with E-state index < -0.39 is 19.8 Å². The van der Waals surface area contributed by atoms with Crippen LogP contribution in [0.15, 0.2) is 24.3 Å². The van der Waals surface area contributed by atoms with Gasteiger partial charge in [-0.05, 0) is 6.92 Å². The molecule has 1 aromatic rings. The zero-order valence-electron chi connectivity index (χ0n) is 8.40. The van der Waals surface area contributed by atoms with Gasteiger partial charge in [0.15, 0.2) is 19.8 Å². The highest BCUT2D eigenvalue weighted by molar-refractivity contribution is 9.11. The molecule has 3 nitrogen and oxygen atoms in total. The number of hydrogen-bond donors (Lipinski definition) is 0. The Bertz CT molecular complexity index is 462. The number of benzene rings is 1. The van der Waals surface area contributed by atoms with Gasteiger partial charge in [-0.15, -0.1) is 0 Å². The Kier molecular flexibility index (Phi) is 3.67. The van der Waals surface area contributed by atoms with E-state index in [1.165, 1.54) is 0 Å². The monoisotopic (exact) mass is 290 g/mol. The van der Waals surface area contributed by atoms with Crippen molar-refractivity contribution in [3.8, 4) is 0 Å². The normalized spacial score (nSPS) is 13.5. The van der Waals surface area contributed by atoms with Crippen molar-refractivity contribution in [1.29, 1.82) is 0 Å². The van der Waals surface area contributed by atoms with Gasteiger partial charge in [0.2, 0.25) is 0 Å². The van der Waals surface area contributed by atoms with Gasteiger partial charge in [0.25, 0.3) is 0 Å². The lowest BCUT2D eigenvalue weighted by Gasteiger charge is -2.06. The molecular weight excluding hydrogens is 280 g/mol. The lowest BCUT2D eigenvalue weighted by Crippen LogP contribution is -2.23. The molecule has 0 aliphatic heterocycles. The molecule has 15 heavy (non-hydrogen) atoms. The lowest BCUT2D eigenvalue weighted by atomic mass is 10.1. The van der Waals surface area contributed by atoms with E-state index in [0.29, 0.717) is 5.56 Å². The number of hydrogen-bond acceptors (Lipinski definition) is 3. The minimum atomic E-state index is -3.39. The number of alkyl halides is 1. The van der Waals surface area contributed by atoms with Crippen LogP contribution in [0.2, 0.25) is 0 Å². The van der Waals surface area contributed by atoms with Crippen LogP contribution < -0.4 is 0 Å². The van der Waals surface area contributed by atoms with E-state index in [-0.39, 0.29) is 0 Å². The maximum Gasteiger partial charge on any atom is 0.191 e. The summed E-state index contributed by atoms with van der Waals surface area (Å²) in [5.74, 6) is -0.433. The molecule has 1 aromatic carbocycles. The molecular formula is C10H11BrO3S. The number of aryl methyl sites for hydroxylation is 1. The summed E-state index contributed by atoms with van der Waals surface area (Å²) in [5.41, 5.74) is 1.42. The highest BCUT2D eigenvalue weighted by Gasteiger charge is 2.26. The standard InChI is InChI=1S/C10H11BrO3S/c1-7-3-5-8(6-4-7)9(12)10(11)15(2,13)14/h3-6,10H,1-2H3. The predicted molar refractivity (Wildman–Crippen MR) is 63.1 cm³/mol. The predicted octanol–water partition coefficient (Wildman–Crippen LogP) is 1.94. The first-order valence-corrected chi connectivity index (χ1v) is 7.13. The average Bonchev–Trinajstić information content (AvgIpc) is 2.15. The number of carbonyl (C=O) groups excluding carboxylic acids is 1. The van der Waals surface area contributed by atoms with Gasteiger partial charge in [-0.25, -0.2) is 8.42 Å². The van der Waals surface area contributed by atoms with E-state index in [1.807, 2.05) is 6.92 Å². The Hall–Kier alpha value is -0.680. The van der Waals surface area contributed by atoms with Crippen molar-refractivity contribution in [2.75, 3.05) is 6.26 Å². The third kappa shape index (κ3) is 3.14. The summed E-state index contributed by atoms with van der Waals surface area (Å²) >= 11 is 2.88. The minimum absolute atomic E-state index is 0.396. The molecule has 82 valence electrons. The first kappa shape index (κ1) is 12.4. The molecule has 0 heterocycles. The van der Waals surface area contributed by atoms with E-state index >= 15 is 0 Å². The van der Waals surface area contributed by atoms with E-state index in [0.717, 1.165) is 11.8 Å². The van der Waals surface area contributed by atoms with Crippen LogP contribution in [0.5, 0.6) is 0 Å². The second-order valence-corrected chi connectivity index (χ2v) is 7.03. The third-order valence-corrected chi connectivity index (χ3v) is 5.34. The topological polar surface area (TPSA) is 51.2 Å². The molecule has 0 amide bonds. The van der Waals surface area contributed by atoms with Crippen LogP contribution in [-0.2, 0) is 9.84 Å². The molecule has 0 spiro atoms. The molecule has 1 atom stereocenters. The largest absolute Gasteiger partial charge is 0.292 e. The van der Waals surface area contributed by atoms with Crippen molar-refractivity contribution in [1.82, 2.24) is 0 Å². The van der Waals surface area contributed by atoms with Gasteiger partial charge in [-0.1, -0.05) is 45.8 Å². The molecule has 0 aliphatic carbocycles. The second kappa shape index (κ2) is 4.45. The van der Waals surface area contributed by atoms with Crippen LogP contribution in [0.4, 0.5) is 0 Å². The van der Waals surface area contributed by atoms with Gasteiger partial charge < -0.3 is 0 Å². The third-order valence-electron chi connectivity index (χ3n) is 1.92. The van der Waals surface area contributed by atoms with Crippen molar-refractivity contribution in [2.24, 2.45) is 0 Å². The number of halogens is 1. The fraction of sp³-hybridized carbons (Fsp3) is 0.300. The highest BCUT2D eigenvalue weighted by atomic mass is 79.9. The van der Waals surface area contributed by atoms with Crippen LogP contribution in [0, 0.1) is 6.92 Å². The highest BCUT2D eigenvalue weighted by Crippen LogP contribution is 2.15. The fourth-order valence-electron chi connectivity index (χ4n) is 1.04. The molecule has 0 bridgehead atoms. The quantitative estimate of drug-likeness (QED) is 0.631. The van der Waals surface area contributed by atoms with E-state index in [9.17, 15) is 13.2 Å². The minimum Gasteiger partial charge on any atom is -0.292 e. The molecule has 1 rings (SSSR count). The Balaban J connectivity index is 3.01. The molecule has 0 saturated heterocycles. The van der Waals surface area contributed by atoms with E-state index in [4.69, 9.17) is 0 Å². The average molecular weight is 291 g/mol. The first-order valence-electron chi connectivity index (χ1n) is 4.26. The molecule has 0 aromatic heterocycles. The molecule has 0 aliphatic rings. The summed E-state index contributed by atoms with van der Waals surface area (Å²) in [4.78, 5) is 11.7. The van der Waals surface area contributed by atoms with E-state index in [2.05, 4.69) is 15.9 Å². The summed E-state index contributed by atoms with van der Waals surface area (Å²) < 4.78 is 21.1. The van der Waals surface area contributed by atoms with Crippen LogP contribution in [0.25, 0.3) is 0 Å². The maximum absolute atomic E-state index is 11.7. The SMILES string of the molecule is Cc1ccc(C(=O)C(Br)S(C)(=O)=O)cc1. The smallest absolute Gasteiger partial charge is 0.191 e. The van der Waals surface area contributed by atoms with Crippen LogP contribution in [0.1, 0.15) is 15.9 Å². The van der Waals surface area contributed by atoms with Crippen molar-refractivity contribution in [2.45, 2.75) is 11.1 Å². The molecule has 0 radical (unpaired) electrons. The lowest BCUT2D eigenvalue weighted by molar-refractivity contribution is 0.101. The molecule has 5 heteroatoms. The number of Topliss-reactive ketones (excluding diaryl/α,β-unsaturated/α-hetero) is 1. The van der Waals surface area contributed by atoms with Crippen molar-refractivity contribution < 1.29 is 13.2 Å². The summed E-state index contributed by atoms with van der Waals surface area (Å²) in [7, 11) is -3.39. The van der Waals surface area contributed by atoms with Crippen LogP contribution in [0.3, 0.4) is 0 Å². The molecule has 0 N–H and O–H groups in total. The Morgan fingerprint density at radius 1 is 1.27 bits per heavy atom. The van der Waals surface area contributed by atoms with Gasteiger partial charge in [-0.3, -0.25) is 4.79 Å². The first-order chi connectivity index (χ1) is 6.82. The number of sulfone groups is 1. The molecule has 0 saturated carbocycles. The number of ketones is 1. The number of rotatable bonds is 3. The van der Waals surface area contributed by atoms with Gasteiger partial charge in [0, 0.05) is 11.8 Å². The van der Waals surface area contributed by atoms with Gasteiger partial charge in [0.1, 0.15) is 0 Å². The van der Waals surface area contributed by atoms with Gasteiger partial charge in [-0.2, -0.15) is 0 Å². The summed E-state index contributed by atoms with van der Waals surface area (Å²) in [6.45, 7) is 1.90. The zero-order chi connectivity index (χ0) is 11.6. The Morgan fingerprint density at radius 2 is 1.73 bits per heavy atom. The maximum atomic E-state index is 11.7. The fourth-order valence-corrected chi connectivity index (χ4v) is 1.83. The van der Waals surface area contributed by atoms with E-state index in [1.54, 1.807) is 24.3 Å². The summed E-state index contributed by atoms with van der Waals surface area (Å²) in [6, 6.07) is 6.79. The second-order valence-electron chi connectivity index (χ2n) is 3.38. The molecule has 0 fully saturated rings.